The lowest BCUT2D eigenvalue weighted by Crippen LogP contribution is -2.42. The van der Waals surface area contributed by atoms with E-state index in [1.807, 2.05) is 12.1 Å². The standard InChI is InChI=1S/C15H16N2O4S/c18-9-17-8-10(11-3-1-2-4-13(11)17)7-12(15(20)21)16-14(19)5-6-22/h1-4,8-9,12,22H,5-7H2,(H,16,19)(H,20,21)/t12-/m0/s1. The number of hydrogen-bond donors (Lipinski definition) is 3. The Labute approximate surface area is 132 Å². The molecule has 0 bridgehead atoms. The summed E-state index contributed by atoms with van der Waals surface area (Å²) in [5.74, 6) is -1.13. The highest BCUT2D eigenvalue weighted by Gasteiger charge is 2.22. The number of carboxylic acid groups (broad SMARTS) is 1. The van der Waals surface area contributed by atoms with Crippen LogP contribution in [0.4, 0.5) is 0 Å². The lowest BCUT2D eigenvalue weighted by molar-refractivity contribution is -0.141. The fraction of sp³-hybridized carbons (Fsp3) is 0.267. The van der Waals surface area contributed by atoms with Crippen LogP contribution in [0.5, 0.6) is 0 Å². The number of para-hydroxylation sites is 1. The van der Waals surface area contributed by atoms with Crippen molar-refractivity contribution in [2.45, 2.75) is 18.9 Å². The van der Waals surface area contributed by atoms with E-state index in [0.29, 0.717) is 23.2 Å². The molecule has 2 aromatic rings. The van der Waals surface area contributed by atoms with Crippen LogP contribution in [0.25, 0.3) is 10.9 Å². The first-order chi connectivity index (χ1) is 10.6. The average Bonchev–Trinajstić information content (AvgIpc) is 2.85. The van der Waals surface area contributed by atoms with Crippen molar-refractivity contribution in [1.29, 1.82) is 0 Å². The molecule has 116 valence electrons. The molecule has 0 saturated heterocycles. The highest BCUT2D eigenvalue weighted by Crippen LogP contribution is 2.21. The van der Waals surface area contributed by atoms with E-state index < -0.39 is 12.0 Å². The average molecular weight is 320 g/mol. The van der Waals surface area contributed by atoms with Gasteiger partial charge in [0.15, 0.2) is 0 Å². The van der Waals surface area contributed by atoms with E-state index in [0.717, 1.165) is 5.39 Å². The molecule has 2 rings (SSSR count). The lowest BCUT2D eigenvalue weighted by atomic mass is 10.0. The van der Waals surface area contributed by atoms with Crippen molar-refractivity contribution >= 4 is 41.8 Å². The number of thiol groups is 1. The molecule has 0 unspecified atom stereocenters. The van der Waals surface area contributed by atoms with Crippen LogP contribution < -0.4 is 5.32 Å². The van der Waals surface area contributed by atoms with Gasteiger partial charge in [0.05, 0.1) is 5.52 Å². The van der Waals surface area contributed by atoms with Gasteiger partial charge in [-0.15, -0.1) is 0 Å². The molecular formula is C15H16N2O4S. The molecule has 1 atom stereocenters. The molecule has 2 N–H and O–H groups in total. The molecule has 7 heteroatoms. The molecule has 0 saturated carbocycles. The fourth-order valence-electron chi connectivity index (χ4n) is 2.32. The molecule has 0 aliphatic carbocycles. The van der Waals surface area contributed by atoms with Gasteiger partial charge in [0, 0.05) is 24.4 Å². The molecule has 1 aromatic heterocycles. The van der Waals surface area contributed by atoms with Gasteiger partial charge in [0.25, 0.3) is 0 Å². The van der Waals surface area contributed by atoms with Gasteiger partial charge in [-0.05, 0) is 17.4 Å². The van der Waals surface area contributed by atoms with Crippen LogP contribution in [-0.2, 0) is 20.8 Å². The van der Waals surface area contributed by atoms with E-state index in [9.17, 15) is 19.5 Å². The Bertz CT molecular complexity index is 711. The summed E-state index contributed by atoms with van der Waals surface area (Å²) < 4.78 is 1.40. The molecule has 0 aliphatic heterocycles. The van der Waals surface area contributed by atoms with Gasteiger partial charge in [-0.3, -0.25) is 14.2 Å². The first-order valence-corrected chi connectivity index (χ1v) is 7.36. The fourth-order valence-corrected chi connectivity index (χ4v) is 2.52. The number of aliphatic carboxylic acids is 1. The smallest absolute Gasteiger partial charge is 0.326 e. The van der Waals surface area contributed by atoms with Crippen LogP contribution in [0.1, 0.15) is 12.0 Å². The maximum atomic E-state index is 11.6. The van der Waals surface area contributed by atoms with Gasteiger partial charge < -0.3 is 10.4 Å². The molecule has 0 spiro atoms. The minimum absolute atomic E-state index is 0.106. The first-order valence-electron chi connectivity index (χ1n) is 6.73. The largest absolute Gasteiger partial charge is 0.480 e. The second kappa shape index (κ2) is 7.13. The topological polar surface area (TPSA) is 88.4 Å². The van der Waals surface area contributed by atoms with Crippen LogP contribution in [0.15, 0.2) is 30.5 Å². The second-order valence-corrected chi connectivity index (χ2v) is 5.27. The zero-order chi connectivity index (χ0) is 16.1. The number of carbonyl (C=O) groups is 3. The molecular weight excluding hydrogens is 304 g/mol. The Hall–Kier alpha value is -2.28. The minimum atomic E-state index is -1.12. The van der Waals surface area contributed by atoms with E-state index in [1.165, 1.54) is 4.57 Å². The minimum Gasteiger partial charge on any atom is -0.480 e. The summed E-state index contributed by atoms with van der Waals surface area (Å²) in [6.07, 6.45) is 2.53. The summed E-state index contributed by atoms with van der Waals surface area (Å²) >= 11 is 3.95. The highest BCUT2D eigenvalue weighted by atomic mass is 32.1. The molecule has 6 nitrogen and oxygen atoms in total. The SMILES string of the molecule is O=Cn1cc(C[C@H](NC(=O)CCS)C(=O)O)c2ccccc21. The van der Waals surface area contributed by atoms with Crippen molar-refractivity contribution in [1.82, 2.24) is 9.88 Å². The highest BCUT2D eigenvalue weighted by molar-refractivity contribution is 7.80. The first kappa shape index (κ1) is 16.1. The Balaban J connectivity index is 2.28. The van der Waals surface area contributed by atoms with Gasteiger partial charge in [0.2, 0.25) is 12.3 Å². The summed E-state index contributed by atoms with van der Waals surface area (Å²) in [5.41, 5.74) is 1.40. The van der Waals surface area contributed by atoms with Gasteiger partial charge in [0.1, 0.15) is 6.04 Å². The summed E-state index contributed by atoms with van der Waals surface area (Å²) in [4.78, 5) is 34.0. The maximum Gasteiger partial charge on any atom is 0.326 e. The molecule has 0 aliphatic rings. The Morgan fingerprint density at radius 2 is 2.09 bits per heavy atom. The number of hydrogen-bond acceptors (Lipinski definition) is 4. The van der Waals surface area contributed by atoms with E-state index in [-0.39, 0.29) is 18.7 Å². The number of benzene rings is 1. The molecule has 1 amide bonds. The Morgan fingerprint density at radius 3 is 2.73 bits per heavy atom. The number of rotatable bonds is 7. The summed E-state index contributed by atoms with van der Waals surface area (Å²) in [7, 11) is 0. The van der Waals surface area contributed by atoms with E-state index in [1.54, 1.807) is 18.3 Å². The zero-order valence-electron chi connectivity index (χ0n) is 11.7. The number of nitrogens with zero attached hydrogens (tertiary/aromatic N) is 1. The summed E-state index contributed by atoms with van der Waals surface area (Å²) in [6.45, 7) is 0. The Kier molecular flexibility index (Phi) is 5.21. The van der Waals surface area contributed by atoms with Crippen LogP contribution in [0.3, 0.4) is 0 Å². The van der Waals surface area contributed by atoms with Crippen molar-refractivity contribution < 1.29 is 19.5 Å². The van der Waals surface area contributed by atoms with Crippen LogP contribution in [-0.4, -0.2) is 39.8 Å². The summed E-state index contributed by atoms with van der Waals surface area (Å²) in [5, 5.41) is 12.5. The number of fused-ring (bicyclic) bond motifs is 1. The predicted octanol–water partition coefficient (Wildman–Crippen LogP) is 1.11. The zero-order valence-corrected chi connectivity index (χ0v) is 12.6. The third-order valence-corrected chi connectivity index (χ3v) is 3.56. The van der Waals surface area contributed by atoms with Crippen molar-refractivity contribution in [2.24, 2.45) is 0 Å². The number of amides is 1. The second-order valence-electron chi connectivity index (χ2n) is 4.82. The number of nitrogens with one attached hydrogen (secondary N) is 1. The molecule has 1 aromatic carbocycles. The van der Waals surface area contributed by atoms with Crippen LogP contribution in [0.2, 0.25) is 0 Å². The molecule has 0 fully saturated rings. The van der Waals surface area contributed by atoms with Gasteiger partial charge in [-0.25, -0.2) is 4.79 Å². The van der Waals surface area contributed by atoms with Crippen LogP contribution >= 0.6 is 12.6 Å². The summed E-state index contributed by atoms with van der Waals surface area (Å²) in [6, 6.07) is 6.17. The number of carboxylic acids is 1. The third-order valence-electron chi connectivity index (χ3n) is 3.33. The van der Waals surface area contributed by atoms with Crippen molar-refractivity contribution in [3.8, 4) is 0 Å². The Morgan fingerprint density at radius 1 is 1.36 bits per heavy atom. The quantitative estimate of drug-likeness (QED) is 0.527. The lowest BCUT2D eigenvalue weighted by Gasteiger charge is -2.13. The molecule has 22 heavy (non-hydrogen) atoms. The third kappa shape index (κ3) is 3.48. The van der Waals surface area contributed by atoms with E-state index in [4.69, 9.17) is 0 Å². The monoisotopic (exact) mass is 320 g/mol. The van der Waals surface area contributed by atoms with Crippen molar-refractivity contribution in [3.05, 3.63) is 36.0 Å². The number of carbonyl (C=O) groups excluding carboxylic acids is 2. The van der Waals surface area contributed by atoms with Gasteiger partial charge >= 0.3 is 5.97 Å². The van der Waals surface area contributed by atoms with Crippen LogP contribution in [0, 0.1) is 0 Å². The maximum absolute atomic E-state index is 11.6. The van der Waals surface area contributed by atoms with Crippen molar-refractivity contribution in [3.63, 3.8) is 0 Å². The molecule has 1 heterocycles. The number of aromatic nitrogens is 1. The van der Waals surface area contributed by atoms with E-state index >= 15 is 0 Å². The van der Waals surface area contributed by atoms with E-state index in [2.05, 4.69) is 17.9 Å². The predicted molar refractivity (Wildman–Crippen MR) is 85.8 cm³/mol. The molecule has 0 radical (unpaired) electrons. The van der Waals surface area contributed by atoms with Gasteiger partial charge in [-0.2, -0.15) is 12.6 Å². The van der Waals surface area contributed by atoms with Crippen molar-refractivity contribution in [2.75, 3.05) is 5.75 Å². The normalized spacial score (nSPS) is 12.0. The van der Waals surface area contributed by atoms with Gasteiger partial charge in [-0.1, -0.05) is 18.2 Å².